The van der Waals surface area contributed by atoms with Gasteiger partial charge in [0.25, 0.3) is 0 Å². The zero-order valence-electron chi connectivity index (χ0n) is 7.18. The molecule has 3 N–H and O–H groups in total. The largest absolute Gasteiger partial charge is 0.480 e. The zero-order chi connectivity index (χ0) is 8.81. The fourth-order valence-electron chi connectivity index (χ4n) is 1.48. The average Bonchev–Trinajstić information content (AvgIpc) is 2.05. The Hall–Kier alpha value is -0.610. The predicted octanol–water partition coefficient (Wildman–Crippen LogP) is -0.340. The molecule has 0 spiro atoms. The number of piperidine rings is 1. The third-order valence-electron chi connectivity index (χ3n) is 2.11. The Kier molecular flexibility index (Phi) is 4.04. The van der Waals surface area contributed by atoms with E-state index in [1.165, 1.54) is 12.8 Å². The van der Waals surface area contributed by atoms with Crippen LogP contribution in [-0.4, -0.2) is 37.3 Å². The van der Waals surface area contributed by atoms with E-state index in [1.54, 1.807) is 0 Å². The lowest BCUT2D eigenvalue weighted by atomic mass is 10.00. The van der Waals surface area contributed by atoms with Gasteiger partial charge in [0.1, 0.15) is 0 Å². The molecule has 0 bridgehead atoms. The van der Waals surface area contributed by atoms with Crippen LogP contribution >= 0.6 is 0 Å². The van der Waals surface area contributed by atoms with Gasteiger partial charge in [0.05, 0.1) is 6.54 Å². The minimum atomic E-state index is -0.779. The van der Waals surface area contributed by atoms with Crippen LogP contribution in [-0.2, 0) is 4.79 Å². The zero-order valence-corrected chi connectivity index (χ0v) is 7.18. The van der Waals surface area contributed by atoms with Crippen LogP contribution in [0.2, 0.25) is 0 Å². The van der Waals surface area contributed by atoms with Crippen LogP contribution in [0.1, 0.15) is 12.8 Å². The minimum absolute atomic E-state index is 0.0799. The Morgan fingerprint density at radius 1 is 1.67 bits per heavy atom. The first-order valence-corrected chi connectivity index (χ1v) is 4.42. The molecule has 1 fully saturated rings. The molecule has 1 saturated heterocycles. The summed E-state index contributed by atoms with van der Waals surface area (Å²) in [5.41, 5.74) is 0. The van der Waals surface area contributed by atoms with Gasteiger partial charge in [-0.15, -0.1) is 0 Å². The fourth-order valence-corrected chi connectivity index (χ4v) is 1.48. The van der Waals surface area contributed by atoms with E-state index in [4.69, 9.17) is 5.11 Å². The average molecular weight is 172 g/mol. The monoisotopic (exact) mass is 172 g/mol. The number of nitrogens with one attached hydrogen (secondary N) is 2. The maximum absolute atomic E-state index is 10.2. The minimum Gasteiger partial charge on any atom is -0.480 e. The summed E-state index contributed by atoms with van der Waals surface area (Å²) in [6.45, 7) is 3.03. The highest BCUT2D eigenvalue weighted by Crippen LogP contribution is 2.07. The molecule has 1 atom stereocenters. The van der Waals surface area contributed by atoms with Crippen molar-refractivity contribution in [2.75, 3.05) is 26.2 Å². The van der Waals surface area contributed by atoms with Gasteiger partial charge in [0, 0.05) is 0 Å². The van der Waals surface area contributed by atoms with Crippen molar-refractivity contribution in [2.24, 2.45) is 5.92 Å². The van der Waals surface area contributed by atoms with E-state index < -0.39 is 5.97 Å². The quantitative estimate of drug-likeness (QED) is 0.543. The summed E-state index contributed by atoms with van der Waals surface area (Å²) in [6, 6.07) is 0. The summed E-state index contributed by atoms with van der Waals surface area (Å²) in [6.07, 6.45) is 2.42. The molecular formula is C8H16N2O2. The van der Waals surface area contributed by atoms with Gasteiger partial charge in [-0.1, -0.05) is 0 Å². The van der Waals surface area contributed by atoms with Crippen LogP contribution in [0.15, 0.2) is 0 Å². The molecule has 1 rings (SSSR count). The van der Waals surface area contributed by atoms with Gasteiger partial charge in [-0.2, -0.15) is 0 Å². The number of carbonyl (C=O) groups is 1. The predicted molar refractivity (Wildman–Crippen MR) is 46.1 cm³/mol. The standard InChI is InChI=1S/C8H16N2O2/c11-8(12)6-10-5-7-2-1-3-9-4-7/h7,9-10H,1-6H2,(H,11,12). The van der Waals surface area contributed by atoms with Gasteiger partial charge in [0.2, 0.25) is 0 Å². The second-order valence-corrected chi connectivity index (χ2v) is 3.24. The molecule has 1 heterocycles. The topological polar surface area (TPSA) is 61.4 Å². The summed E-state index contributed by atoms with van der Waals surface area (Å²) >= 11 is 0. The molecule has 4 nitrogen and oxygen atoms in total. The fraction of sp³-hybridized carbons (Fsp3) is 0.875. The Bertz CT molecular complexity index is 144. The molecule has 1 aliphatic heterocycles. The highest BCUT2D eigenvalue weighted by molar-refractivity contribution is 5.68. The number of aliphatic carboxylic acids is 1. The van der Waals surface area contributed by atoms with Crippen LogP contribution in [0.5, 0.6) is 0 Å². The highest BCUT2D eigenvalue weighted by atomic mass is 16.4. The van der Waals surface area contributed by atoms with Crippen molar-refractivity contribution in [2.45, 2.75) is 12.8 Å². The van der Waals surface area contributed by atoms with Crippen LogP contribution in [0, 0.1) is 5.92 Å². The molecule has 0 amide bonds. The van der Waals surface area contributed by atoms with Crippen molar-refractivity contribution >= 4 is 5.97 Å². The molecule has 0 radical (unpaired) electrons. The second-order valence-electron chi connectivity index (χ2n) is 3.24. The molecule has 0 saturated carbocycles. The smallest absolute Gasteiger partial charge is 0.317 e. The van der Waals surface area contributed by atoms with Gasteiger partial charge in [-0.25, -0.2) is 0 Å². The lowest BCUT2D eigenvalue weighted by molar-refractivity contribution is -0.136. The normalized spacial score (nSPS) is 23.8. The number of carboxylic acids is 1. The second kappa shape index (κ2) is 5.11. The first-order valence-electron chi connectivity index (χ1n) is 4.42. The van der Waals surface area contributed by atoms with E-state index in [9.17, 15) is 4.79 Å². The Labute approximate surface area is 72.3 Å². The van der Waals surface area contributed by atoms with Gasteiger partial charge in [0.15, 0.2) is 0 Å². The van der Waals surface area contributed by atoms with E-state index in [2.05, 4.69) is 10.6 Å². The number of hydrogen-bond acceptors (Lipinski definition) is 3. The van der Waals surface area contributed by atoms with E-state index in [1.807, 2.05) is 0 Å². The molecular weight excluding hydrogens is 156 g/mol. The van der Waals surface area contributed by atoms with Crippen LogP contribution < -0.4 is 10.6 Å². The lowest BCUT2D eigenvalue weighted by Crippen LogP contribution is -2.37. The molecule has 1 aliphatic rings. The molecule has 0 aromatic heterocycles. The third kappa shape index (κ3) is 3.69. The Balaban J connectivity index is 2.01. The summed E-state index contributed by atoms with van der Waals surface area (Å²) < 4.78 is 0. The van der Waals surface area contributed by atoms with E-state index >= 15 is 0 Å². The molecule has 12 heavy (non-hydrogen) atoms. The molecule has 70 valence electrons. The van der Waals surface area contributed by atoms with Gasteiger partial charge in [-0.3, -0.25) is 4.79 Å². The SMILES string of the molecule is O=C(O)CNCC1CCCNC1. The first-order chi connectivity index (χ1) is 5.79. The number of rotatable bonds is 4. The van der Waals surface area contributed by atoms with E-state index in [0.717, 1.165) is 19.6 Å². The molecule has 0 aliphatic carbocycles. The molecule has 0 aromatic carbocycles. The Morgan fingerprint density at radius 2 is 2.50 bits per heavy atom. The maximum atomic E-state index is 10.2. The molecule has 0 aromatic rings. The summed E-state index contributed by atoms with van der Waals surface area (Å²) in [5.74, 6) is -0.170. The summed E-state index contributed by atoms with van der Waals surface area (Å²) in [5, 5.41) is 14.6. The van der Waals surface area contributed by atoms with Crippen molar-refractivity contribution in [3.63, 3.8) is 0 Å². The van der Waals surface area contributed by atoms with Gasteiger partial charge in [-0.05, 0) is 38.4 Å². The van der Waals surface area contributed by atoms with Crippen LogP contribution in [0.3, 0.4) is 0 Å². The van der Waals surface area contributed by atoms with Gasteiger partial charge >= 0.3 is 5.97 Å². The van der Waals surface area contributed by atoms with E-state index in [0.29, 0.717) is 5.92 Å². The lowest BCUT2D eigenvalue weighted by Gasteiger charge is -2.22. The molecule has 1 unspecified atom stereocenters. The highest BCUT2D eigenvalue weighted by Gasteiger charge is 2.12. The summed E-state index contributed by atoms with van der Waals surface area (Å²) in [4.78, 5) is 10.2. The molecule has 4 heteroatoms. The Morgan fingerprint density at radius 3 is 3.08 bits per heavy atom. The summed E-state index contributed by atoms with van der Waals surface area (Å²) in [7, 11) is 0. The van der Waals surface area contributed by atoms with Crippen molar-refractivity contribution in [1.82, 2.24) is 10.6 Å². The van der Waals surface area contributed by atoms with Crippen molar-refractivity contribution in [3.05, 3.63) is 0 Å². The van der Waals surface area contributed by atoms with E-state index in [-0.39, 0.29) is 6.54 Å². The maximum Gasteiger partial charge on any atom is 0.317 e. The van der Waals surface area contributed by atoms with Crippen molar-refractivity contribution in [3.8, 4) is 0 Å². The number of carboxylic acid groups (broad SMARTS) is 1. The number of hydrogen-bond donors (Lipinski definition) is 3. The third-order valence-corrected chi connectivity index (χ3v) is 2.11. The van der Waals surface area contributed by atoms with Gasteiger partial charge < -0.3 is 15.7 Å². The van der Waals surface area contributed by atoms with Crippen molar-refractivity contribution in [1.29, 1.82) is 0 Å². The van der Waals surface area contributed by atoms with Crippen LogP contribution in [0.25, 0.3) is 0 Å². The van der Waals surface area contributed by atoms with Crippen LogP contribution in [0.4, 0.5) is 0 Å². The van der Waals surface area contributed by atoms with Crippen molar-refractivity contribution < 1.29 is 9.90 Å². The first kappa shape index (κ1) is 9.48.